The Morgan fingerprint density at radius 3 is 2.30 bits per heavy atom. The molecule has 0 aromatic heterocycles. The number of likely N-dealkylation sites (tertiary alicyclic amines) is 1. The predicted octanol–water partition coefficient (Wildman–Crippen LogP) is 3.10. The summed E-state index contributed by atoms with van der Waals surface area (Å²) < 4.78 is 27.8. The molecule has 4 atom stereocenters. The van der Waals surface area contributed by atoms with Gasteiger partial charge in [-0.25, -0.2) is 8.78 Å². The second-order valence-corrected chi connectivity index (χ2v) is 9.85. The minimum Gasteiger partial charge on any atom is -0.375 e. The molecular weight excluding hydrogens is 424 g/mol. The minimum atomic E-state index is -2.84. The Balaban J connectivity index is 1.14. The average molecular weight is 456 g/mol. The van der Waals surface area contributed by atoms with Crippen molar-refractivity contribution in [3.8, 4) is 0 Å². The SMILES string of the molecule is O=C(NCNC1C2CN(Cc3ccccc3)CC21)C(O)(c1ccccc1)C1CCC(F)(F)C1. The molecule has 1 aliphatic heterocycles. The first-order valence-electron chi connectivity index (χ1n) is 11.8. The van der Waals surface area contributed by atoms with E-state index >= 15 is 0 Å². The molecule has 2 saturated carbocycles. The van der Waals surface area contributed by atoms with E-state index in [9.17, 15) is 18.7 Å². The number of piperidine rings is 1. The van der Waals surface area contributed by atoms with Crippen LogP contribution in [0.2, 0.25) is 0 Å². The molecular formula is C26H31F2N3O2. The molecule has 33 heavy (non-hydrogen) atoms. The largest absolute Gasteiger partial charge is 0.375 e. The Bertz CT molecular complexity index is 962. The average Bonchev–Trinajstić information content (AvgIpc) is 3.11. The number of fused-ring (bicyclic) bond motifs is 1. The van der Waals surface area contributed by atoms with Gasteiger partial charge in [-0.15, -0.1) is 0 Å². The smallest absolute Gasteiger partial charge is 0.257 e. The fourth-order valence-electron chi connectivity index (χ4n) is 5.82. The molecule has 3 N–H and O–H groups in total. The van der Waals surface area contributed by atoms with Crippen LogP contribution in [0.15, 0.2) is 60.7 Å². The number of hydrogen-bond acceptors (Lipinski definition) is 4. The highest BCUT2D eigenvalue weighted by atomic mass is 19.3. The third kappa shape index (κ3) is 4.54. The fourth-order valence-corrected chi connectivity index (χ4v) is 5.82. The highest BCUT2D eigenvalue weighted by molar-refractivity contribution is 5.86. The van der Waals surface area contributed by atoms with Crippen molar-refractivity contribution in [1.29, 1.82) is 0 Å². The van der Waals surface area contributed by atoms with E-state index in [1.54, 1.807) is 30.3 Å². The third-order valence-corrected chi connectivity index (χ3v) is 7.66. The van der Waals surface area contributed by atoms with Crippen LogP contribution in [0.3, 0.4) is 0 Å². The molecule has 3 aliphatic rings. The Kier molecular flexibility index (Phi) is 5.97. The van der Waals surface area contributed by atoms with Gasteiger partial charge in [0.05, 0.1) is 6.67 Å². The molecule has 1 amide bonds. The molecule has 4 unspecified atom stereocenters. The maximum absolute atomic E-state index is 13.9. The lowest BCUT2D eigenvalue weighted by molar-refractivity contribution is -0.148. The zero-order valence-corrected chi connectivity index (χ0v) is 18.6. The topological polar surface area (TPSA) is 64.6 Å². The van der Waals surface area contributed by atoms with E-state index in [-0.39, 0.29) is 19.5 Å². The van der Waals surface area contributed by atoms with Crippen molar-refractivity contribution in [2.75, 3.05) is 19.8 Å². The summed E-state index contributed by atoms with van der Waals surface area (Å²) in [6.45, 7) is 3.22. The number of benzene rings is 2. The third-order valence-electron chi connectivity index (χ3n) is 7.66. The van der Waals surface area contributed by atoms with E-state index in [2.05, 4.69) is 39.8 Å². The molecule has 0 radical (unpaired) electrons. The molecule has 0 spiro atoms. The molecule has 176 valence electrons. The standard InChI is InChI=1S/C26H31F2N3O2/c27-25(28)12-11-20(13-25)26(33,19-9-5-2-6-10-19)24(32)30-17-29-23-21-15-31(16-22(21)23)14-18-7-3-1-4-8-18/h1-10,20-23,29,33H,11-17H2,(H,30,32). The van der Waals surface area contributed by atoms with Gasteiger partial charge in [0.1, 0.15) is 0 Å². The normalized spacial score (nSPS) is 29.9. The lowest BCUT2D eigenvalue weighted by atomic mass is 9.79. The van der Waals surface area contributed by atoms with Crippen LogP contribution in [0.1, 0.15) is 30.4 Å². The molecule has 2 aromatic rings. The van der Waals surface area contributed by atoms with Gasteiger partial charge in [0.15, 0.2) is 5.60 Å². The van der Waals surface area contributed by atoms with Gasteiger partial charge in [0.25, 0.3) is 5.91 Å². The minimum absolute atomic E-state index is 0.114. The van der Waals surface area contributed by atoms with Gasteiger partial charge >= 0.3 is 0 Å². The van der Waals surface area contributed by atoms with E-state index in [0.29, 0.717) is 23.4 Å². The van der Waals surface area contributed by atoms with E-state index in [0.717, 1.165) is 19.6 Å². The molecule has 3 fully saturated rings. The van der Waals surface area contributed by atoms with Crippen LogP contribution in [0.25, 0.3) is 0 Å². The lowest BCUT2D eigenvalue weighted by Crippen LogP contribution is -2.51. The van der Waals surface area contributed by atoms with Gasteiger partial charge in [-0.2, -0.15) is 0 Å². The Hall–Kier alpha value is -2.35. The van der Waals surface area contributed by atoms with Crippen molar-refractivity contribution in [3.05, 3.63) is 71.8 Å². The molecule has 5 rings (SSSR count). The van der Waals surface area contributed by atoms with E-state index in [1.807, 2.05) is 6.07 Å². The van der Waals surface area contributed by atoms with Crippen molar-refractivity contribution in [2.45, 2.75) is 43.4 Å². The number of amides is 1. The summed E-state index contributed by atoms with van der Waals surface area (Å²) in [5, 5.41) is 17.6. The van der Waals surface area contributed by atoms with Crippen LogP contribution in [-0.4, -0.2) is 47.6 Å². The molecule has 7 heteroatoms. The summed E-state index contributed by atoms with van der Waals surface area (Å²) in [6, 6.07) is 19.2. The van der Waals surface area contributed by atoms with Crippen LogP contribution >= 0.6 is 0 Å². The number of nitrogens with one attached hydrogen (secondary N) is 2. The summed E-state index contributed by atoms with van der Waals surface area (Å²) in [5.41, 5.74) is -0.285. The van der Waals surface area contributed by atoms with Gasteiger partial charge in [0, 0.05) is 44.4 Å². The molecule has 1 saturated heterocycles. The summed E-state index contributed by atoms with van der Waals surface area (Å²) in [5.74, 6) is -3.15. The van der Waals surface area contributed by atoms with Gasteiger partial charge in [-0.3, -0.25) is 15.0 Å². The predicted molar refractivity (Wildman–Crippen MR) is 121 cm³/mol. The highest BCUT2D eigenvalue weighted by Gasteiger charge is 2.56. The summed E-state index contributed by atoms with van der Waals surface area (Å²) >= 11 is 0. The Morgan fingerprint density at radius 2 is 1.70 bits per heavy atom. The van der Waals surface area contributed by atoms with Crippen LogP contribution in [-0.2, 0) is 16.9 Å². The van der Waals surface area contributed by atoms with Crippen LogP contribution in [0.5, 0.6) is 0 Å². The summed E-state index contributed by atoms with van der Waals surface area (Å²) in [4.78, 5) is 15.6. The highest BCUT2D eigenvalue weighted by Crippen LogP contribution is 2.48. The molecule has 5 nitrogen and oxygen atoms in total. The van der Waals surface area contributed by atoms with Crippen LogP contribution in [0, 0.1) is 17.8 Å². The van der Waals surface area contributed by atoms with Crippen molar-refractivity contribution < 1.29 is 18.7 Å². The molecule has 1 heterocycles. The number of hydrogen-bond donors (Lipinski definition) is 3. The molecule has 2 aromatic carbocycles. The van der Waals surface area contributed by atoms with E-state index in [4.69, 9.17) is 0 Å². The van der Waals surface area contributed by atoms with Crippen molar-refractivity contribution >= 4 is 5.91 Å². The first-order chi connectivity index (χ1) is 15.9. The second-order valence-electron chi connectivity index (χ2n) is 9.85. The maximum atomic E-state index is 13.9. The zero-order chi connectivity index (χ0) is 23.1. The van der Waals surface area contributed by atoms with Crippen molar-refractivity contribution in [3.63, 3.8) is 0 Å². The lowest BCUT2D eigenvalue weighted by Gasteiger charge is -2.33. The number of carbonyl (C=O) groups is 1. The second kappa shape index (κ2) is 8.78. The maximum Gasteiger partial charge on any atom is 0.257 e. The molecule has 0 bridgehead atoms. The van der Waals surface area contributed by atoms with Crippen LogP contribution in [0.4, 0.5) is 8.78 Å². The quantitative estimate of drug-likeness (QED) is 0.536. The van der Waals surface area contributed by atoms with Crippen molar-refractivity contribution in [2.24, 2.45) is 17.8 Å². The van der Waals surface area contributed by atoms with Gasteiger partial charge in [-0.05, 0) is 29.4 Å². The van der Waals surface area contributed by atoms with Crippen LogP contribution < -0.4 is 10.6 Å². The first kappa shape index (κ1) is 22.4. The number of halogens is 2. The van der Waals surface area contributed by atoms with Gasteiger partial charge < -0.3 is 10.4 Å². The Morgan fingerprint density at radius 1 is 1.06 bits per heavy atom. The monoisotopic (exact) mass is 455 g/mol. The van der Waals surface area contributed by atoms with Crippen molar-refractivity contribution in [1.82, 2.24) is 15.5 Å². The Labute approximate surface area is 193 Å². The zero-order valence-electron chi connectivity index (χ0n) is 18.6. The summed E-state index contributed by atoms with van der Waals surface area (Å²) in [7, 11) is 0. The summed E-state index contributed by atoms with van der Waals surface area (Å²) in [6.07, 6.45) is -0.671. The van der Waals surface area contributed by atoms with E-state index < -0.39 is 29.8 Å². The fraction of sp³-hybridized carbons (Fsp3) is 0.500. The number of alkyl halides is 2. The number of nitrogens with zero attached hydrogens (tertiary/aromatic N) is 1. The first-order valence-corrected chi connectivity index (χ1v) is 11.8. The van der Waals surface area contributed by atoms with E-state index in [1.165, 1.54) is 5.56 Å². The molecule has 2 aliphatic carbocycles. The number of rotatable bonds is 8. The number of carbonyl (C=O) groups excluding carboxylic acids is 1. The van der Waals surface area contributed by atoms with Gasteiger partial charge in [-0.1, -0.05) is 60.7 Å². The van der Waals surface area contributed by atoms with Gasteiger partial charge in [0.2, 0.25) is 5.92 Å². The number of aliphatic hydroxyl groups is 1.